The summed E-state index contributed by atoms with van der Waals surface area (Å²) in [4.78, 5) is 26.0. The highest BCUT2D eigenvalue weighted by Crippen LogP contribution is 2.34. The molecule has 1 amide bonds. The van der Waals surface area contributed by atoms with Crippen molar-refractivity contribution in [1.29, 1.82) is 0 Å². The summed E-state index contributed by atoms with van der Waals surface area (Å²) in [5.74, 6) is 0.909. The Morgan fingerprint density at radius 3 is 2.45 bits per heavy atom. The maximum Gasteiger partial charge on any atom is 0.271 e. The average molecular weight is 574 g/mol. The molecule has 2 aromatic carbocycles. The van der Waals surface area contributed by atoms with Crippen molar-refractivity contribution in [3.63, 3.8) is 0 Å². The summed E-state index contributed by atoms with van der Waals surface area (Å²) in [6.45, 7) is 4.80. The Hall–Kier alpha value is -3.52. The van der Waals surface area contributed by atoms with Crippen LogP contribution in [0.1, 0.15) is 16.9 Å². The number of nitrogens with zero attached hydrogens (tertiary/aromatic N) is 4. The molecule has 4 rings (SSSR count). The van der Waals surface area contributed by atoms with Gasteiger partial charge in [-0.3, -0.25) is 18.9 Å². The number of nitrogens with one attached hydrogen (secondary N) is 1. The van der Waals surface area contributed by atoms with Crippen LogP contribution in [-0.4, -0.2) is 102 Å². The summed E-state index contributed by atoms with van der Waals surface area (Å²) in [6.07, 6.45) is 2.91. The number of aromatic nitrogens is 2. The minimum absolute atomic E-state index is 0.0264. The first-order chi connectivity index (χ1) is 19.3. The van der Waals surface area contributed by atoms with Crippen LogP contribution in [0.2, 0.25) is 0 Å². The molecule has 1 N–H and O–H groups in total. The van der Waals surface area contributed by atoms with Crippen LogP contribution in [0.25, 0.3) is 11.0 Å². The second-order valence-electron chi connectivity index (χ2n) is 9.24. The van der Waals surface area contributed by atoms with Crippen LogP contribution >= 0.6 is 0 Å². The van der Waals surface area contributed by atoms with E-state index in [2.05, 4.69) is 20.2 Å². The van der Waals surface area contributed by atoms with E-state index in [4.69, 9.17) is 18.4 Å². The van der Waals surface area contributed by atoms with Gasteiger partial charge in [0.1, 0.15) is 17.2 Å². The van der Waals surface area contributed by atoms with Crippen molar-refractivity contribution in [1.82, 2.24) is 20.2 Å². The van der Waals surface area contributed by atoms with Crippen molar-refractivity contribution < 1.29 is 31.6 Å². The van der Waals surface area contributed by atoms with Crippen LogP contribution in [0.15, 0.2) is 42.6 Å². The van der Waals surface area contributed by atoms with E-state index in [0.29, 0.717) is 55.3 Å². The second-order valence-corrected chi connectivity index (χ2v) is 10.9. The third-order valence-corrected chi connectivity index (χ3v) is 6.95. The largest absolute Gasteiger partial charge is 0.497 e. The molecule has 40 heavy (non-hydrogen) atoms. The maximum atomic E-state index is 12.8. The van der Waals surface area contributed by atoms with Crippen LogP contribution in [0.3, 0.4) is 0 Å². The Kier molecular flexibility index (Phi) is 10.1. The summed E-state index contributed by atoms with van der Waals surface area (Å²) >= 11 is 0. The number of carbonyl (C=O) groups excluding carboxylic acids is 1. The zero-order valence-corrected chi connectivity index (χ0v) is 23.8. The molecule has 216 valence electrons. The first-order valence-electron chi connectivity index (χ1n) is 13.0. The normalized spacial score (nSPS) is 14.2. The predicted octanol–water partition coefficient (Wildman–Crippen LogP) is 2.21. The van der Waals surface area contributed by atoms with Gasteiger partial charge in [-0.1, -0.05) is 0 Å². The molecule has 0 aliphatic carbocycles. The molecule has 13 heteroatoms. The van der Waals surface area contributed by atoms with Gasteiger partial charge in [-0.25, -0.2) is 4.98 Å². The molecule has 3 aromatic rings. The van der Waals surface area contributed by atoms with Crippen LogP contribution < -0.4 is 19.7 Å². The number of amides is 1. The third kappa shape index (κ3) is 8.24. The van der Waals surface area contributed by atoms with Crippen molar-refractivity contribution >= 4 is 38.4 Å². The summed E-state index contributed by atoms with van der Waals surface area (Å²) in [5, 5.41) is 2.92. The number of carbonyl (C=O) groups is 1. The Morgan fingerprint density at radius 2 is 1.77 bits per heavy atom. The molecule has 0 atom stereocenters. The molecule has 0 bridgehead atoms. The van der Waals surface area contributed by atoms with E-state index >= 15 is 0 Å². The summed E-state index contributed by atoms with van der Waals surface area (Å²) < 4.78 is 44.1. The summed E-state index contributed by atoms with van der Waals surface area (Å²) in [5.41, 5.74) is 2.94. The topological polar surface area (TPSA) is 132 Å². The van der Waals surface area contributed by atoms with Gasteiger partial charge in [0.05, 0.1) is 57.5 Å². The lowest BCUT2D eigenvalue weighted by atomic mass is 10.2. The lowest BCUT2D eigenvalue weighted by Crippen LogP contribution is -2.41. The molecule has 1 aliphatic rings. The Bertz CT molecular complexity index is 1390. The van der Waals surface area contributed by atoms with Gasteiger partial charge < -0.3 is 24.4 Å². The number of anilines is 2. The molecule has 1 saturated heterocycles. The van der Waals surface area contributed by atoms with Gasteiger partial charge in [-0.05, 0) is 24.6 Å². The fourth-order valence-corrected chi connectivity index (χ4v) is 4.73. The fraction of sp³-hybridized carbons (Fsp3) is 0.444. The predicted molar refractivity (Wildman–Crippen MR) is 151 cm³/mol. The number of fused-ring (bicyclic) bond motifs is 1. The monoisotopic (exact) mass is 573 g/mol. The number of rotatable bonds is 13. The lowest BCUT2D eigenvalue weighted by Gasteiger charge is -2.26. The van der Waals surface area contributed by atoms with Gasteiger partial charge in [0.2, 0.25) is 0 Å². The van der Waals surface area contributed by atoms with Gasteiger partial charge in [0, 0.05) is 62.3 Å². The van der Waals surface area contributed by atoms with Crippen LogP contribution in [-0.2, 0) is 19.0 Å². The van der Waals surface area contributed by atoms with Crippen molar-refractivity contribution in [3.8, 4) is 11.5 Å². The third-order valence-electron chi connectivity index (χ3n) is 6.36. The Morgan fingerprint density at radius 1 is 1.05 bits per heavy atom. The Balaban J connectivity index is 1.56. The van der Waals surface area contributed by atoms with Crippen molar-refractivity contribution in [2.24, 2.45) is 0 Å². The van der Waals surface area contributed by atoms with Crippen LogP contribution in [0.5, 0.6) is 11.5 Å². The van der Waals surface area contributed by atoms with Crippen LogP contribution in [0, 0.1) is 0 Å². The first kappa shape index (κ1) is 29.5. The van der Waals surface area contributed by atoms with Gasteiger partial charge in [0.25, 0.3) is 16.0 Å². The zero-order valence-electron chi connectivity index (χ0n) is 23.0. The van der Waals surface area contributed by atoms with Crippen molar-refractivity contribution in [2.75, 3.05) is 77.9 Å². The second kappa shape index (κ2) is 13.7. The highest BCUT2D eigenvalue weighted by atomic mass is 32.2. The van der Waals surface area contributed by atoms with E-state index in [1.807, 2.05) is 35.2 Å². The van der Waals surface area contributed by atoms with E-state index in [1.54, 1.807) is 20.3 Å². The van der Waals surface area contributed by atoms with Gasteiger partial charge in [0.15, 0.2) is 0 Å². The van der Waals surface area contributed by atoms with Crippen molar-refractivity contribution in [2.45, 2.75) is 6.42 Å². The SMILES string of the molecule is COc1cc(OC)cc(N(CCCOS(C)(=O)=O)c2ccc3ncc(C(=O)NCCN4CCOCC4)nc3c2)c1. The highest BCUT2D eigenvalue weighted by molar-refractivity contribution is 7.85. The van der Waals surface area contributed by atoms with E-state index in [1.165, 1.54) is 6.20 Å². The van der Waals surface area contributed by atoms with E-state index in [0.717, 1.165) is 37.3 Å². The van der Waals surface area contributed by atoms with Gasteiger partial charge in [-0.15, -0.1) is 0 Å². The van der Waals surface area contributed by atoms with Gasteiger partial charge >= 0.3 is 0 Å². The average Bonchev–Trinajstić information content (AvgIpc) is 2.96. The molecule has 0 saturated carbocycles. The Labute approximate surface area is 234 Å². The molecule has 1 aromatic heterocycles. The summed E-state index contributed by atoms with van der Waals surface area (Å²) in [7, 11) is -0.408. The number of ether oxygens (including phenoxy) is 3. The molecule has 0 unspecified atom stereocenters. The molecule has 2 heterocycles. The fourth-order valence-electron chi connectivity index (χ4n) is 4.31. The van der Waals surface area contributed by atoms with Crippen LogP contribution in [0.4, 0.5) is 11.4 Å². The zero-order chi connectivity index (χ0) is 28.5. The lowest BCUT2D eigenvalue weighted by molar-refractivity contribution is 0.0383. The summed E-state index contributed by atoms with van der Waals surface area (Å²) in [6, 6.07) is 11.0. The number of hydrogen-bond acceptors (Lipinski definition) is 11. The number of morpholine rings is 1. The standard InChI is InChI=1S/C27H35N5O7S/c1-36-22-15-21(16-23(18-22)37-2)32(8-4-12-39-40(3,34)35)20-5-6-24-25(17-20)30-26(19-29-24)27(33)28-7-9-31-10-13-38-14-11-31/h5-6,15-19H,4,7-14H2,1-3H3,(H,28,33). The molecular formula is C27H35N5O7S. The molecule has 1 fully saturated rings. The minimum Gasteiger partial charge on any atom is -0.497 e. The molecule has 0 radical (unpaired) electrons. The molecular weight excluding hydrogens is 538 g/mol. The number of hydrogen-bond donors (Lipinski definition) is 1. The molecule has 12 nitrogen and oxygen atoms in total. The molecule has 1 aliphatic heterocycles. The smallest absolute Gasteiger partial charge is 0.271 e. The number of benzene rings is 2. The minimum atomic E-state index is -3.55. The maximum absolute atomic E-state index is 12.8. The van der Waals surface area contributed by atoms with E-state index in [-0.39, 0.29) is 18.2 Å². The molecule has 0 spiro atoms. The van der Waals surface area contributed by atoms with E-state index in [9.17, 15) is 13.2 Å². The highest BCUT2D eigenvalue weighted by Gasteiger charge is 2.16. The number of methoxy groups -OCH3 is 2. The van der Waals surface area contributed by atoms with Crippen molar-refractivity contribution in [3.05, 3.63) is 48.3 Å². The first-order valence-corrected chi connectivity index (χ1v) is 14.8. The quantitative estimate of drug-likeness (QED) is 0.238. The van der Waals surface area contributed by atoms with Gasteiger partial charge in [-0.2, -0.15) is 8.42 Å². The van der Waals surface area contributed by atoms with E-state index < -0.39 is 10.1 Å².